The summed E-state index contributed by atoms with van der Waals surface area (Å²) in [6, 6.07) is 21.2. The maximum atomic E-state index is 13.4. The van der Waals surface area contributed by atoms with E-state index in [1.165, 1.54) is 0 Å². The predicted octanol–water partition coefficient (Wildman–Crippen LogP) is 5.36. The number of nitrogens with zero attached hydrogens (tertiary/aromatic N) is 6. The SMILES string of the molecule is CCCN(c1ccc(C#N)c(Cl)c1)[C@H]1CC[C@H](NC(=O)c2ccc(N3CCC(N4CCN(c5ccc6c(c5)C(=O)N(C5CCC(=O)NC5=O)C6=O)CC4)CC3)cc2)CC1. The fraction of sp³-hybridized carbons (Fsp3) is 0.467. The quantitative estimate of drug-likeness (QED) is 0.256. The third-order valence-electron chi connectivity index (χ3n) is 12.9. The second kappa shape index (κ2) is 17.4. The number of rotatable bonds is 10. The first-order chi connectivity index (χ1) is 28.6. The van der Waals surface area contributed by atoms with Crippen LogP contribution in [0.1, 0.15) is 101 Å². The van der Waals surface area contributed by atoms with E-state index < -0.39 is 29.7 Å². The lowest BCUT2D eigenvalue weighted by Crippen LogP contribution is -2.54. The van der Waals surface area contributed by atoms with Gasteiger partial charge in [0.2, 0.25) is 11.8 Å². The van der Waals surface area contributed by atoms with Gasteiger partial charge in [0.05, 0.1) is 21.7 Å². The summed E-state index contributed by atoms with van der Waals surface area (Å²) >= 11 is 6.37. The number of carbonyl (C=O) groups is 5. The van der Waals surface area contributed by atoms with Crippen molar-refractivity contribution in [1.29, 1.82) is 5.26 Å². The Kier molecular flexibility index (Phi) is 11.9. The van der Waals surface area contributed by atoms with Crippen molar-refractivity contribution in [1.82, 2.24) is 20.4 Å². The molecule has 1 saturated carbocycles. The third-order valence-corrected chi connectivity index (χ3v) is 13.2. The fourth-order valence-electron chi connectivity index (χ4n) is 9.65. The first-order valence-corrected chi connectivity index (χ1v) is 21.5. The zero-order valence-electron chi connectivity index (χ0n) is 33.5. The van der Waals surface area contributed by atoms with Gasteiger partial charge in [-0.15, -0.1) is 0 Å². The second-order valence-corrected chi connectivity index (χ2v) is 16.8. The molecule has 3 saturated heterocycles. The van der Waals surface area contributed by atoms with Crippen molar-refractivity contribution in [2.75, 3.05) is 60.5 Å². The normalized spacial score (nSPS) is 22.9. The Hall–Kier alpha value is -5.45. The molecule has 5 aliphatic rings. The van der Waals surface area contributed by atoms with Gasteiger partial charge in [0.1, 0.15) is 12.1 Å². The number of amides is 5. The Morgan fingerprint density at radius 3 is 2.15 bits per heavy atom. The summed E-state index contributed by atoms with van der Waals surface area (Å²) < 4.78 is 0. The molecule has 3 aromatic carbocycles. The Bertz CT molecular complexity index is 2150. The number of fused-ring (bicyclic) bond motifs is 1. The number of piperazine rings is 1. The lowest BCUT2D eigenvalue weighted by atomic mass is 9.89. The number of carbonyl (C=O) groups excluding carboxylic acids is 5. The summed E-state index contributed by atoms with van der Waals surface area (Å²) in [4.78, 5) is 74.5. The molecule has 4 aliphatic heterocycles. The topological polar surface area (TPSA) is 149 Å². The molecule has 14 heteroatoms. The van der Waals surface area contributed by atoms with Gasteiger partial charge in [-0.2, -0.15) is 5.26 Å². The number of nitriles is 1. The zero-order valence-corrected chi connectivity index (χ0v) is 34.3. The van der Waals surface area contributed by atoms with Crippen LogP contribution in [0, 0.1) is 11.3 Å². The van der Waals surface area contributed by atoms with Gasteiger partial charge in [0, 0.05) is 93.0 Å². The molecule has 0 bridgehead atoms. The molecule has 8 rings (SSSR count). The third kappa shape index (κ3) is 8.38. The van der Waals surface area contributed by atoms with E-state index in [0.717, 1.165) is 113 Å². The maximum Gasteiger partial charge on any atom is 0.262 e. The molecule has 0 spiro atoms. The van der Waals surface area contributed by atoms with Crippen molar-refractivity contribution in [3.63, 3.8) is 0 Å². The van der Waals surface area contributed by atoms with Gasteiger partial charge in [-0.1, -0.05) is 18.5 Å². The highest BCUT2D eigenvalue weighted by molar-refractivity contribution is 6.32. The average Bonchev–Trinajstić information content (AvgIpc) is 3.51. The van der Waals surface area contributed by atoms with E-state index in [9.17, 15) is 29.2 Å². The van der Waals surface area contributed by atoms with Gasteiger partial charge in [-0.05, 0) is 112 Å². The van der Waals surface area contributed by atoms with E-state index in [-0.39, 0.29) is 24.8 Å². The Morgan fingerprint density at radius 1 is 0.814 bits per heavy atom. The van der Waals surface area contributed by atoms with Crippen LogP contribution in [0.4, 0.5) is 17.1 Å². The van der Waals surface area contributed by atoms with Crippen molar-refractivity contribution in [2.45, 2.75) is 88.9 Å². The first-order valence-electron chi connectivity index (χ1n) is 21.1. The van der Waals surface area contributed by atoms with E-state index in [1.807, 2.05) is 30.3 Å². The van der Waals surface area contributed by atoms with E-state index in [2.05, 4.69) is 55.4 Å². The van der Waals surface area contributed by atoms with Crippen LogP contribution in [0.5, 0.6) is 0 Å². The summed E-state index contributed by atoms with van der Waals surface area (Å²) in [5.74, 6) is -2.00. The van der Waals surface area contributed by atoms with E-state index in [1.54, 1.807) is 18.2 Å². The van der Waals surface area contributed by atoms with Gasteiger partial charge < -0.3 is 20.0 Å². The van der Waals surface area contributed by atoms with Crippen LogP contribution in [0.2, 0.25) is 5.02 Å². The summed E-state index contributed by atoms with van der Waals surface area (Å²) in [6.07, 6.45) is 7.09. The van der Waals surface area contributed by atoms with Crippen molar-refractivity contribution in [3.8, 4) is 6.07 Å². The highest BCUT2D eigenvalue weighted by atomic mass is 35.5. The molecule has 4 fully saturated rings. The van der Waals surface area contributed by atoms with Gasteiger partial charge in [0.15, 0.2) is 0 Å². The van der Waals surface area contributed by atoms with Crippen LogP contribution in [0.25, 0.3) is 0 Å². The van der Waals surface area contributed by atoms with Crippen molar-refractivity contribution >= 4 is 58.2 Å². The number of anilines is 3. The molecule has 4 heterocycles. The Morgan fingerprint density at radius 2 is 1.49 bits per heavy atom. The minimum atomic E-state index is -0.974. The summed E-state index contributed by atoms with van der Waals surface area (Å²) in [6.45, 7) is 8.35. The molecule has 308 valence electrons. The van der Waals surface area contributed by atoms with Gasteiger partial charge in [0.25, 0.3) is 17.7 Å². The average molecular weight is 819 g/mol. The zero-order chi connectivity index (χ0) is 41.2. The minimum Gasteiger partial charge on any atom is -0.371 e. The van der Waals surface area contributed by atoms with E-state index >= 15 is 0 Å². The summed E-state index contributed by atoms with van der Waals surface area (Å²) in [5.41, 5.74) is 4.82. The molecular weight excluding hydrogens is 768 g/mol. The summed E-state index contributed by atoms with van der Waals surface area (Å²) in [5, 5.41) is 15.3. The molecule has 1 atom stereocenters. The molecule has 5 amide bonds. The lowest BCUT2D eigenvalue weighted by Gasteiger charge is -2.44. The van der Waals surface area contributed by atoms with Crippen molar-refractivity contribution in [3.05, 3.63) is 87.9 Å². The molecular formula is C45H51ClN8O5. The molecule has 1 unspecified atom stereocenters. The van der Waals surface area contributed by atoms with Crippen LogP contribution >= 0.6 is 11.6 Å². The molecule has 13 nitrogen and oxygen atoms in total. The van der Waals surface area contributed by atoms with Crippen LogP contribution in [-0.4, -0.2) is 109 Å². The number of benzene rings is 3. The Balaban J connectivity index is 0.781. The van der Waals surface area contributed by atoms with Crippen molar-refractivity contribution in [2.24, 2.45) is 0 Å². The highest BCUT2D eigenvalue weighted by Crippen LogP contribution is 2.33. The monoisotopic (exact) mass is 818 g/mol. The maximum absolute atomic E-state index is 13.4. The fourth-order valence-corrected chi connectivity index (χ4v) is 9.87. The number of halogens is 1. The second-order valence-electron chi connectivity index (χ2n) is 16.4. The molecule has 0 radical (unpaired) electrons. The van der Waals surface area contributed by atoms with Crippen molar-refractivity contribution < 1.29 is 24.0 Å². The van der Waals surface area contributed by atoms with Crippen LogP contribution in [0.3, 0.4) is 0 Å². The standard InChI is InChI=1S/C45H51ClN8O5/c1-2-19-53(36-10-5-30(28-47)39(46)27-36)34-11-6-31(7-12-34)48-42(56)29-3-8-32(9-4-29)50-20-17-33(18-21-50)51-22-24-52(25-23-51)35-13-14-37-38(26-35)45(59)54(44(37)58)40-15-16-41(55)49-43(40)57/h3-5,8-10,13-14,26-27,31,33-34,40H,2,6-7,11-12,15-25H2,1H3,(H,48,56)(H,49,55,57)/t31-,34-,40?. The van der Waals surface area contributed by atoms with Gasteiger partial charge >= 0.3 is 0 Å². The van der Waals surface area contributed by atoms with Crippen LogP contribution in [0.15, 0.2) is 60.7 Å². The van der Waals surface area contributed by atoms with Crippen LogP contribution < -0.4 is 25.3 Å². The number of hydrogen-bond donors (Lipinski definition) is 2. The summed E-state index contributed by atoms with van der Waals surface area (Å²) in [7, 11) is 0. The number of hydrogen-bond acceptors (Lipinski definition) is 10. The molecule has 3 aromatic rings. The Labute approximate surface area is 350 Å². The molecule has 59 heavy (non-hydrogen) atoms. The van der Waals surface area contributed by atoms with E-state index in [4.69, 9.17) is 11.6 Å². The van der Waals surface area contributed by atoms with Gasteiger partial charge in [-0.25, -0.2) is 0 Å². The molecule has 2 N–H and O–H groups in total. The largest absolute Gasteiger partial charge is 0.371 e. The molecule has 1 aliphatic carbocycles. The lowest BCUT2D eigenvalue weighted by molar-refractivity contribution is -0.136. The number of nitrogens with one attached hydrogen (secondary N) is 2. The van der Waals surface area contributed by atoms with Crippen LogP contribution in [-0.2, 0) is 9.59 Å². The molecule has 0 aromatic heterocycles. The first kappa shape index (κ1) is 40.3. The smallest absolute Gasteiger partial charge is 0.262 e. The predicted molar refractivity (Wildman–Crippen MR) is 226 cm³/mol. The highest BCUT2D eigenvalue weighted by Gasteiger charge is 2.45. The minimum absolute atomic E-state index is 0.0312. The number of piperidine rings is 2. The van der Waals surface area contributed by atoms with E-state index in [0.29, 0.717) is 39.4 Å². The van der Waals surface area contributed by atoms with Gasteiger partial charge in [-0.3, -0.25) is 39.1 Å². The number of imide groups is 2.